The van der Waals surface area contributed by atoms with Crippen molar-refractivity contribution in [3.63, 3.8) is 0 Å². The zero-order valence-electron chi connectivity index (χ0n) is 9.86. The largest absolute Gasteiger partial charge is 0.339 e. The van der Waals surface area contributed by atoms with Gasteiger partial charge in [-0.3, -0.25) is 0 Å². The van der Waals surface area contributed by atoms with Crippen molar-refractivity contribution in [2.75, 3.05) is 0 Å². The zero-order chi connectivity index (χ0) is 13.1. The molecule has 18 heavy (non-hydrogen) atoms. The maximum atomic E-state index is 5.94. The van der Waals surface area contributed by atoms with Gasteiger partial charge in [-0.2, -0.15) is 4.98 Å². The summed E-state index contributed by atoms with van der Waals surface area (Å²) >= 11 is 11.8. The summed E-state index contributed by atoms with van der Waals surface area (Å²) in [6.45, 7) is 1.89. The Morgan fingerprint density at radius 2 is 2.11 bits per heavy atom. The highest BCUT2D eigenvalue weighted by Gasteiger charge is 2.09. The van der Waals surface area contributed by atoms with E-state index in [-0.39, 0.29) is 6.04 Å². The second-order valence-electron chi connectivity index (χ2n) is 4.21. The summed E-state index contributed by atoms with van der Waals surface area (Å²) in [5.41, 5.74) is 6.65. The van der Waals surface area contributed by atoms with Crippen LogP contribution in [0.4, 0.5) is 0 Å². The van der Waals surface area contributed by atoms with Crippen molar-refractivity contribution in [2.24, 2.45) is 5.73 Å². The molecule has 6 heteroatoms. The van der Waals surface area contributed by atoms with Gasteiger partial charge >= 0.3 is 0 Å². The number of hydrogen-bond acceptors (Lipinski definition) is 4. The fourth-order valence-corrected chi connectivity index (χ4v) is 1.87. The van der Waals surface area contributed by atoms with Gasteiger partial charge in [0.15, 0.2) is 5.82 Å². The number of aromatic nitrogens is 2. The lowest BCUT2D eigenvalue weighted by Crippen LogP contribution is -2.17. The smallest absolute Gasteiger partial charge is 0.228 e. The number of nitrogens with zero attached hydrogens (tertiary/aromatic N) is 2. The van der Waals surface area contributed by atoms with Gasteiger partial charge in [0, 0.05) is 18.9 Å². The van der Waals surface area contributed by atoms with Crippen LogP contribution in [0.2, 0.25) is 10.0 Å². The van der Waals surface area contributed by atoms with Crippen LogP contribution in [0.3, 0.4) is 0 Å². The van der Waals surface area contributed by atoms with Crippen molar-refractivity contribution in [3.8, 4) is 0 Å². The SMILES string of the molecule is CC(N)Cc1nc(Cc2ccc(Cl)c(Cl)c2)no1. The molecule has 0 fully saturated rings. The first-order valence-corrected chi connectivity index (χ1v) is 6.31. The van der Waals surface area contributed by atoms with E-state index in [2.05, 4.69) is 10.1 Å². The van der Waals surface area contributed by atoms with Gasteiger partial charge in [-0.05, 0) is 24.6 Å². The fourth-order valence-electron chi connectivity index (χ4n) is 1.55. The van der Waals surface area contributed by atoms with Crippen LogP contribution in [-0.4, -0.2) is 16.2 Å². The van der Waals surface area contributed by atoms with Gasteiger partial charge in [0.25, 0.3) is 0 Å². The number of hydrogen-bond donors (Lipinski definition) is 1. The Bertz CT molecular complexity index is 540. The molecular formula is C12H13Cl2N3O. The number of rotatable bonds is 4. The highest BCUT2D eigenvalue weighted by Crippen LogP contribution is 2.23. The maximum Gasteiger partial charge on any atom is 0.228 e. The van der Waals surface area contributed by atoms with Crippen molar-refractivity contribution in [1.82, 2.24) is 10.1 Å². The predicted octanol–water partition coefficient (Wildman–Crippen LogP) is 2.86. The predicted molar refractivity (Wildman–Crippen MR) is 70.9 cm³/mol. The summed E-state index contributed by atoms with van der Waals surface area (Å²) in [5.74, 6) is 1.17. The monoisotopic (exact) mass is 285 g/mol. The minimum atomic E-state index is 0.00303. The molecule has 1 aromatic heterocycles. The van der Waals surface area contributed by atoms with Gasteiger partial charge in [-0.25, -0.2) is 0 Å². The molecule has 0 aliphatic carbocycles. The Balaban J connectivity index is 2.08. The average Bonchev–Trinajstić information content (AvgIpc) is 2.70. The number of benzene rings is 1. The van der Waals surface area contributed by atoms with Gasteiger partial charge in [0.2, 0.25) is 5.89 Å². The Hall–Kier alpha value is -1.10. The molecule has 0 aliphatic rings. The van der Waals surface area contributed by atoms with E-state index in [1.165, 1.54) is 0 Å². The van der Waals surface area contributed by atoms with E-state index < -0.39 is 0 Å². The van der Waals surface area contributed by atoms with Crippen LogP contribution in [0.15, 0.2) is 22.7 Å². The second kappa shape index (κ2) is 5.69. The van der Waals surface area contributed by atoms with Crippen LogP contribution in [0.25, 0.3) is 0 Å². The second-order valence-corrected chi connectivity index (χ2v) is 5.03. The molecule has 2 N–H and O–H groups in total. The summed E-state index contributed by atoms with van der Waals surface area (Å²) in [5, 5.41) is 4.95. The topological polar surface area (TPSA) is 64.9 Å². The lowest BCUT2D eigenvalue weighted by atomic mass is 10.1. The van der Waals surface area contributed by atoms with Gasteiger partial charge in [0.1, 0.15) is 0 Å². The molecule has 1 unspecified atom stereocenters. The van der Waals surface area contributed by atoms with E-state index in [0.29, 0.717) is 34.6 Å². The van der Waals surface area contributed by atoms with Gasteiger partial charge in [0.05, 0.1) is 10.0 Å². The van der Waals surface area contributed by atoms with E-state index in [0.717, 1.165) is 5.56 Å². The number of nitrogens with two attached hydrogens (primary N) is 1. The van der Waals surface area contributed by atoms with E-state index in [1.807, 2.05) is 13.0 Å². The molecule has 4 nitrogen and oxygen atoms in total. The molecule has 1 heterocycles. The summed E-state index contributed by atoms with van der Waals surface area (Å²) in [6.07, 6.45) is 1.13. The van der Waals surface area contributed by atoms with Crippen molar-refractivity contribution in [2.45, 2.75) is 25.8 Å². The standard InChI is InChI=1S/C12H13Cl2N3O/c1-7(15)4-12-16-11(17-18-12)6-8-2-3-9(13)10(14)5-8/h2-3,5,7H,4,6,15H2,1H3. The highest BCUT2D eigenvalue weighted by atomic mass is 35.5. The third-order valence-electron chi connectivity index (χ3n) is 2.35. The molecule has 0 saturated carbocycles. The van der Waals surface area contributed by atoms with Crippen LogP contribution in [-0.2, 0) is 12.8 Å². The van der Waals surface area contributed by atoms with Crippen molar-refractivity contribution < 1.29 is 4.52 Å². The lowest BCUT2D eigenvalue weighted by Gasteiger charge is -1.99. The summed E-state index contributed by atoms with van der Waals surface area (Å²) in [4.78, 5) is 4.26. The third kappa shape index (κ3) is 3.45. The van der Waals surface area contributed by atoms with E-state index in [9.17, 15) is 0 Å². The average molecular weight is 286 g/mol. The first-order chi connectivity index (χ1) is 8.54. The summed E-state index contributed by atoms with van der Waals surface area (Å²) in [6, 6.07) is 5.44. The molecule has 2 aromatic rings. The van der Waals surface area contributed by atoms with Crippen molar-refractivity contribution in [3.05, 3.63) is 45.5 Å². The minimum Gasteiger partial charge on any atom is -0.339 e. The normalized spacial score (nSPS) is 12.7. The Morgan fingerprint density at radius 3 is 2.78 bits per heavy atom. The Labute approximate surface area is 115 Å². The van der Waals surface area contributed by atoms with Crippen LogP contribution >= 0.6 is 23.2 Å². The Morgan fingerprint density at radius 1 is 1.33 bits per heavy atom. The van der Waals surface area contributed by atoms with Gasteiger partial charge < -0.3 is 10.3 Å². The molecule has 0 radical (unpaired) electrons. The zero-order valence-corrected chi connectivity index (χ0v) is 11.4. The van der Waals surface area contributed by atoms with E-state index in [4.69, 9.17) is 33.5 Å². The highest BCUT2D eigenvalue weighted by molar-refractivity contribution is 6.42. The van der Waals surface area contributed by atoms with E-state index >= 15 is 0 Å². The quantitative estimate of drug-likeness (QED) is 0.938. The molecule has 1 aromatic carbocycles. The third-order valence-corrected chi connectivity index (χ3v) is 3.09. The molecule has 2 rings (SSSR count). The molecule has 0 amide bonds. The first-order valence-electron chi connectivity index (χ1n) is 5.55. The van der Waals surface area contributed by atoms with Crippen LogP contribution in [0.5, 0.6) is 0 Å². The molecule has 0 saturated heterocycles. The molecule has 0 bridgehead atoms. The van der Waals surface area contributed by atoms with Crippen LogP contribution < -0.4 is 5.73 Å². The molecule has 96 valence electrons. The fraction of sp³-hybridized carbons (Fsp3) is 0.333. The molecule has 0 spiro atoms. The van der Waals surface area contributed by atoms with Crippen molar-refractivity contribution in [1.29, 1.82) is 0 Å². The van der Waals surface area contributed by atoms with Crippen LogP contribution in [0.1, 0.15) is 24.2 Å². The first kappa shape index (κ1) is 13.3. The molecule has 0 aliphatic heterocycles. The van der Waals surface area contributed by atoms with Gasteiger partial charge in [-0.15, -0.1) is 0 Å². The van der Waals surface area contributed by atoms with Crippen molar-refractivity contribution >= 4 is 23.2 Å². The summed E-state index contributed by atoms with van der Waals surface area (Å²) in [7, 11) is 0. The lowest BCUT2D eigenvalue weighted by molar-refractivity contribution is 0.367. The summed E-state index contributed by atoms with van der Waals surface area (Å²) < 4.78 is 5.10. The molecular weight excluding hydrogens is 273 g/mol. The minimum absolute atomic E-state index is 0.00303. The molecule has 1 atom stereocenters. The number of halogens is 2. The van der Waals surface area contributed by atoms with Gasteiger partial charge in [-0.1, -0.05) is 34.4 Å². The maximum absolute atomic E-state index is 5.94. The van der Waals surface area contributed by atoms with E-state index in [1.54, 1.807) is 12.1 Å². The Kier molecular flexibility index (Phi) is 4.22. The van der Waals surface area contributed by atoms with Crippen LogP contribution in [0, 0.1) is 0 Å².